The van der Waals surface area contributed by atoms with Crippen LogP contribution in [0.25, 0.3) is 15.3 Å². The van der Waals surface area contributed by atoms with Gasteiger partial charge in [-0.3, -0.25) is 4.98 Å². The van der Waals surface area contributed by atoms with E-state index in [4.69, 9.17) is 9.84 Å². The molecule has 0 radical (unpaired) electrons. The third kappa shape index (κ3) is 5.56. The van der Waals surface area contributed by atoms with Crippen LogP contribution >= 0.6 is 11.3 Å². The lowest BCUT2D eigenvalue weighted by molar-refractivity contribution is 0.262. The first-order valence-corrected chi connectivity index (χ1v) is 12.3. The summed E-state index contributed by atoms with van der Waals surface area (Å²) in [5, 5.41) is 11.1. The standard InChI is InChI=1S/C26H24FN7O2S/c1-26(2,3)23-20(14-34(33-23)25-32-19-6-4-5-7-21(19)37-25)31-24(35)30-17-8-9-18(27)16(12-17)15-36-22-13-28-10-11-29-22/h4-14H,15H2,1-3H3,(H2,30,31,35). The number of rotatable bonds is 6. The first-order valence-electron chi connectivity index (χ1n) is 11.5. The molecule has 0 aliphatic carbocycles. The van der Waals surface area contributed by atoms with Crippen molar-refractivity contribution in [1.82, 2.24) is 24.7 Å². The number of hydrogen-bond donors (Lipinski definition) is 2. The van der Waals surface area contributed by atoms with E-state index in [9.17, 15) is 9.18 Å². The van der Waals surface area contributed by atoms with Gasteiger partial charge in [0.2, 0.25) is 11.0 Å². The topological polar surface area (TPSA) is 107 Å². The van der Waals surface area contributed by atoms with E-state index >= 15 is 0 Å². The van der Waals surface area contributed by atoms with E-state index in [2.05, 4.69) is 25.6 Å². The number of nitrogens with one attached hydrogen (secondary N) is 2. The molecule has 0 aliphatic rings. The number of para-hydroxylation sites is 1. The lowest BCUT2D eigenvalue weighted by Crippen LogP contribution is -2.22. The average Bonchev–Trinajstić information content (AvgIpc) is 3.49. The number of nitrogens with zero attached hydrogens (tertiary/aromatic N) is 5. The van der Waals surface area contributed by atoms with Crippen molar-refractivity contribution in [2.45, 2.75) is 32.8 Å². The number of aromatic nitrogens is 5. The Bertz CT molecular complexity index is 1530. The average molecular weight is 518 g/mol. The predicted octanol–water partition coefficient (Wildman–Crippen LogP) is 5.93. The van der Waals surface area contributed by atoms with Crippen LogP contribution in [0.4, 0.5) is 20.6 Å². The van der Waals surface area contributed by atoms with E-state index < -0.39 is 11.8 Å². The summed E-state index contributed by atoms with van der Waals surface area (Å²) < 4.78 is 22.5. The lowest BCUT2D eigenvalue weighted by atomic mass is 9.91. The zero-order chi connectivity index (χ0) is 26.0. The Kier molecular flexibility index (Phi) is 6.53. The predicted molar refractivity (Wildman–Crippen MR) is 141 cm³/mol. The minimum atomic E-state index is -0.484. The van der Waals surface area contributed by atoms with Crippen molar-refractivity contribution in [2.75, 3.05) is 10.6 Å². The van der Waals surface area contributed by atoms with Gasteiger partial charge >= 0.3 is 6.03 Å². The summed E-state index contributed by atoms with van der Waals surface area (Å²) in [6.07, 6.45) is 6.20. The van der Waals surface area contributed by atoms with Crippen LogP contribution in [0, 0.1) is 5.82 Å². The Balaban J connectivity index is 1.33. The normalized spacial score (nSPS) is 11.5. The van der Waals surface area contributed by atoms with E-state index in [1.54, 1.807) is 10.9 Å². The van der Waals surface area contributed by atoms with E-state index in [1.165, 1.54) is 48.1 Å². The first-order chi connectivity index (χ1) is 17.8. The number of ether oxygens (including phenoxy) is 1. The number of amides is 2. The maximum Gasteiger partial charge on any atom is 0.323 e. The van der Waals surface area contributed by atoms with Gasteiger partial charge < -0.3 is 15.4 Å². The summed E-state index contributed by atoms with van der Waals surface area (Å²) in [7, 11) is 0. The van der Waals surface area contributed by atoms with Crippen LogP contribution in [0.1, 0.15) is 32.0 Å². The highest BCUT2D eigenvalue weighted by molar-refractivity contribution is 7.20. The third-order valence-corrected chi connectivity index (χ3v) is 6.40. The van der Waals surface area contributed by atoms with Crippen LogP contribution in [-0.2, 0) is 12.0 Å². The molecule has 9 nitrogen and oxygen atoms in total. The summed E-state index contributed by atoms with van der Waals surface area (Å²) in [5.74, 6) is -0.181. The first kappa shape index (κ1) is 24.3. The van der Waals surface area contributed by atoms with Crippen molar-refractivity contribution in [2.24, 2.45) is 0 Å². The molecule has 0 fully saturated rings. The molecule has 3 aromatic heterocycles. The largest absolute Gasteiger partial charge is 0.472 e. The number of carbonyl (C=O) groups excluding carboxylic acids is 1. The SMILES string of the molecule is CC(C)(C)c1nn(-c2nc3ccccc3s2)cc1NC(=O)Nc1ccc(F)c(COc2cnccn2)c1. The summed E-state index contributed by atoms with van der Waals surface area (Å²) in [4.78, 5) is 25.5. The van der Waals surface area contributed by atoms with Gasteiger partial charge in [0.05, 0.1) is 34.0 Å². The van der Waals surface area contributed by atoms with Crippen molar-refractivity contribution < 1.29 is 13.9 Å². The second kappa shape index (κ2) is 9.94. The molecule has 0 bridgehead atoms. The molecule has 5 rings (SSSR count). The molecular weight excluding hydrogens is 493 g/mol. The van der Waals surface area contributed by atoms with Gasteiger partial charge in [-0.15, -0.1) is 0 Å². The fraction of sp³-hybridized carbons (Fsp3) is 0.192. The van der Waals surface area contributed by atoms with Crippen molar-refractivity contribution in [3.63, 3.8) is 0 Å². The maximum atomic E-state index is 14.3. The third-order valence-electron chi connectivity index (χ3n) is 5.37. The highest BCUT2D eigenvalue weighted by Crippen LogP contribution is 2.31. The van der Waals surface area contributed by atoms with Gasteiger partial charge in [0.25, 0.3) is 0 Å². The fourth-order valence-electron chi connectivity index (χ4n) is 3.63. The second-order valence-corrected chi connectivity index (χ2v) is 10.3. The molecule has 188 valence electrons. The van der Waals surface area contributed by atoms with Crippen LogP contribution in [0.5, 0.6) is 5.88 Å². The molecule has 11 heteroatoms. The van der Waals surface area contributed by atoms with Crippen molar-refractivity contribution in [3.8, 4) is 11.0 Å². The second-order valence-electron chi connectivity index (χ2n) is 9.27. The molecule has 37 heavy (non-hydrogen) atoms. The van der Waals surface area contributed by atoms with E-state index in [-0.39, 0.29) is 23.5 Å². The van der Waals surface area contributed by atoms with Crippen LogP contribution < -0.4 is 15.4 Å². The van der Waals surface area contributed by atoms with E-state index in [0.29, 0.717) is 22.2 Å². The Morgan fingerprint density at radius 1 is 1.14 bits per heavy atom. The molecule has 0 aliphatic heterocycles. The summed E-state index contributed by atoms with van der Waals surface area (Å²) in [6, 6.07) is 11.6. The van der Waals surface area contributed by atoms with Crippen molar-refractivity contribution >= 4 is 39.0 Å². The van der Waals surface area contributed by atoms with Crippen molar-refractivity contribution in [3.05, 3.63) is 84.3 Å². The number of halogens is 1. The molecule has 3 heterocycles. The van der Waals surface area contributed by atoms with Gasteiger partial charge in [-0.2, -0.15) is 5.10 Å². The van der Waals surface area contributed by atoms with Gasteiger partial charge in [0.15, 0.2) is 0 Å². The monoisotopic (exact) mass is 517 g/mol. The molecule has 0 saturated heterocycles. The fourth-order valence-corrected chi connectivity index (χ4v) is 4.53. The molecule has 2 amide bonds. The number of urea groups is 1. The molecule has 2 aromatic carbocycles. The summed E-state index contributed by atoms with van der Waals surface area (Å²) in [6.45, 7) is 5.99. The maximum absolute atomic E-state index is 14.3. The number of carbonyl (C=O) groups is 1. The van der Waals surface area contributed by atoms with Crippen molar-refractivity contribution in [1.29, 1.82) is 0 Å². The van der Waals surface area contributed by atoms with E-state index in [1.807, 2.05) is 45.0 Å². The molecule has 2 N–H and O–H groups in total. The van der Waals surface area contributed by atoms with Crippen LogP contribution in [0.3, 0.4) is 0 Å². The van der Waals surface area contributed by atoms with Gasteiger partial charge in [-0.25, -0.2) is 23.8 Å². The Labute approximate surface area is 216 Å². The van der Waals surface area contributed by atoms with Gasteiger partial charge in [-0.05, 0) is 30.3 Å². The summed E-state index contributed by atoms with van der Waals surface area (Å²) >= 11 is 1.52. The molecule has 0 atom stereocenters. The van der Waals surface area contributed by atoms with Gasteiger partial charge in [0.1, 0.15) is 12.4 Å². The number of fused-ring (bicyclic) bond motifs is 1. The number of anilines is 2. The molecule has 5 aromatic rings. The van der Waals surface area contributed by atoms with Gasteiger partial charge in [0, 0.05) is 29.1 Å². The quantitative estimate of drug-likeness (QED) is 0.289. The van der Waals surface area contributed by atoms with Crippen LogP contribution in [-0.4, -0.2) is 30.8 Å². The zero-order valence-corrected chi connectivity index (χ0v) is 21.2. The molecule has 0 saturated carbocycles. The number of benzene rings is 2. The minimum Gasteiger partial charge on any atom is -0.472 e. The Morgan fingerprint density at radius 3 is 2.73 bits per heavy atom. The van der Waals surface area contributed by atoms with Gasteiger partial charge in [-0.1, -0.05) is 44.2 Å². The summed E-state index contributed by atoms with van der Waals surface area (Å²) in [5.41, 5.74) is 2.48. The molecule has 0 spiro atoms. The smallest absolute Gasteiger partial charge is 0.323 e. The number of thiazole rings is 1. The van der Waals surface area contributed by atoms with Crippen LogP contribution in [0.15, 0.2) is 67.3 Å². The van der Waals surface area contributed by atoms with Crippen LogP contribution in [0.2, 0.25) is 0 Å². The zero-order valence-electron chi connectivity index (χ0n) is 20.4. The highest BCUT2D eigenvalue weighted by atomic mass is 32.1. The highest BCUT2D eigenvalue weighted by Gasteiger charge is 2.25. The lowest BCUT2D eigenvalue weighted by Gasteiger charge is -2.17. The Morgan fingerprint density at radius 2 is 1.97 bits per heavy atom. The van der Waals surface area contributed by atoms with E-state index in [0.717, 1.165) is 10.2 Å². The molecular formula is C26H24FN7O2S. The number of hydrogen-bond acceptors (Lipinski definition) is 7. The molecule has 0 unspecified atom stereocenters. The minimum absolute atomic E-state index is 0.0647. The Hall–Kier alpha value is -4.38.